The lowest BCUT2D eigenvalue weighted by Crippen LogP contribution is -2.13. The van der Waals surface area contributed by atoms with Crippen LogP contribution in [0.15, 0.2) is 24.3 Å². The van der Waals surface area contributed by atoms with Crippen molar-refractivity contribution >= 4 is 5.78 Å². The molecule has 0 saturated heterocycles. The summed E-state index contributed by atoms with van der Waals surface area (Å²) >= 11 is 0. The lowest BCUT2D eigenvalue weighted by atomic mass is 9.94. The molecule has 0 saturated carbocycles. The maximum Gasteiger partial charge on any atom is 0.188 e. The second-order valence-corrected chi connectivity index (χ2v) is 5.82. The van der Waals surface area contributed by atoms with Crippen LogP contribution in [0.25, 0.3) is 0 Å². The number of carbonyl (C=O) groups is 1. The first-order valence-electron chi connectivity index (χ1n) is 7.78. The van der Waals surface area contributed by atoms with Crippen LogP contribution in [0.5, 0.6) is 5.75 Å². The number of ether oxygens (including phenoxy) is 2. The van der Waals surface area contributed by atoms with Crippen molar-refractivity contribution in [3.63, 3.8) is 0 Å². The van der Waals surface area contributed by atoms with Crippen LogP contribution in [0.2, 0.25) is 0 Å². The molecule has 2 rings (SSSR count). The average molecular weight is 329 g/mol. The molecule has 0 aliphatic rings. The molecule has 2 aromatic rings. The summed E-state index contributed by atoms with van der Waals surface area (Å²) in [5, 5.41) is 9.59. The van der Waals surface area contributed by atoms with E-state index in [1.165, 1.54) is 7.11 Å². The van der Waals surface area contributed by atoms with Crippen molar-refractivity contribution in [2.45, 2.75) is 33.8 Å². The summed E-state index contributed by atoms with van der Waals surface area (Å²) in [4.78, 5) is 17.3. The van der Waals surface area contributed by atoms with Gasteiger partial charge in [0.25, 0.3) is 0 Å². The van der Waals surface area contributed by atoms with E-state index in [2.05, 4.69) is 4.98 Å². The lowest BCUT2D eigenvalue weighted by molar-refractivity contribution is 0.0499. The molecule has 0 amide bonds. The third-order valence-corrected chi connectivity index (χ3v) is 3.74. The quantitative estimate of drug-likeness (QED) is 0.625. The number of aryl methyl sites for hydroxylation is 3. The van der Waals surface area contributed by atoms with E-state index in [4.69, 9.17) is 9.47 Å². The van der Waals surface area contributed by atoms with Gasteiger partial charge < -0.3 is 14.6 Å². The predicted octanol–water partition coefficient (Wildman–Crippen LogP) is 2.91. The molecule has 5 heteroatoms. The number of carbonyl (C=O) groups excluding carboxylic acids is 1. The molecule has 0 bridgehead atoms. The minimum Gasteiger partial charge on any atom is -0.466 e. The summed E-state index contributed by atoms with van der Waals surface area (Å²) in [6.45, 7) is 5.62. The number of Topliss-reactive ketones (excluding diaryl/α,β-unsaturated/α-hetero) is 1. The Morgan fingerprint density at radius 2 is 1.96 bits per heavy atom. The fourth-order valence-electron chi connectivity index (χ4n) is 2.80. The molecule has 1 aromatic heterocycles. The number of hydrogen-bond donors (Lipinski definition) is 1. The summed E-state index contributed by atoms with van der Waals surface area (Å²) < 4.78 is 10.4. The molecule has 1 heterocycles. The number of ketones is 1. The van der Waals surface area contributed by atoms with E-state index in [1.54, 1.807) is 6.07 Å². The highest BCUT2D eigenvalue weighted by molar-refractivity contribution is 6.00. The van der Waals surface area contributed by atoms with E-state index in [0.717, 1.165) is 16.8 Å². The number of rotatable bonds is 7. The highest BCUT2D eigenvalue weighted by Crippen LogP contribution is 2.23. The first-order valence-corrected chi connectivity index (χ1v) is 7.78. The maximum atomic E-state index is 12.8. The number of pyridine rings is 1. The molecule has 0 radical (unpaired) electrons. The van der Waals surface area contributed by atoms with Crippen molar-refractivity contribution in [3.8, 4) is 5.75 Å². The van der Waals surface area contributed by atoms with E-state index in [1.807, 2.05) is 39.0 Å². The van der Waals surface area contributed by atoms with Crippen molar-refractivity contribution in [2.24, 2.45) is 0 Å². The predicted molar refractivity (Wildman–Crippen MR) is 91.4 cm³/mol. The summed E-state index contributed by atoms with van der Waals surface area (Å²) in [5.74, 6) is 0.447. The Bertz CT molecular complexity index is 740. The van der Waals surface area contributed by atoms with Gasteiger partial charge in [0, 0.05) is 18.4 Å². The number of hydrogen-bond acceptors (Lipinski definition) is 5. The number of aliphatic hydroxyl groups is 1. The zero-order valence-electron chi connectivity index (χ0n) is 14.5. The highest BCUT2D eigenvalue weighted by Gasteiger charge is 2.18. The normalized spacial score (nSPS) is 10.7. The largest absolute Gasteiger partial charge is 0.466 e. The van der Waals surface area contributed by atoms with Gasteiger partial charge in [-0.25, -0.2) is 0 Å². The number of nitrogens with zero attached hydrogens (tertiary/aromatic N) is 1. The first kappa shape index (κ1) is 18.1. The topological polar surface area (TPSA) is 68.7 Å². The summed E-state index contributed by atoms with van der Waals surface area (Å²) in [5.41, 5.74) is 4.46. The maximum absolute atomic E-state index is 12.8. The number of methoxy groups -OCH3 is 1. The van der Waals surface area contributed by atoms with Crippen LogP contribution in [0, 0.1) is 20.8 Å². The van der Waals surface area contributed by atoms with Crippen molar-refractivity contribution in [3.05, 3.63) is 57.9 Å². The molecular weight excluding hydrogens is 306 g/mol. The van der Waals surface area contributed by atoms with E-state index < -0.39 is 0 Å². The van der Waals surface area contributed by atoms with Crippen molar-refractivity contribution in [2.75, 3.05) is 13.9 Å². The van der Waals surface area contributed by atoms with Crippen LogP contribution in [0.3, 0.4) is 0 Å². The SMILES string of the molecule is COCOc1ccc(C)nc1CC(=O)c1c(C)cc(C)cc1CO. The Labute approximate surface area is 142 Å². The highest BCUT2D eigenvalue weighted by atomic mass is 16.7. The van der Waals surface area contributed by atoms with Crippen LogP contribution >= 0.6 is 0 Å². The molecule has 5 nitrogen and oxygen atoms in total. The molecular formula is C19H23NO4. The van der Waals surface area contributed by atoms with Gasteiger partial charge in [-0.05, 0) is 44.0 Å². The third kappa shape index (κ3) is 4.19. The Balaban J connectivity index is 2.35. The van der Waals surface area contributed by atoms with Gasteiger partial charge in [0.15, 0.2) is 12.6 Å². The molecule has 0 aliphatic carbocycles. The van der Waals surface area contributed by atoms with Crippen molar-refractivity contribution in [1.82, 2.24) is 4.98 Å². The zero-order valence-corrected chi connectivity index (χ0v) is 14.5. The Morgan fingerprint density at radius 1 is 1.21 bits per heavy atom. The second-order valence-electron chi connectivity index (χ2n) is 5.82. The van der Waals surface area contributed by atoms with Crippen LogP contribution in [0.4, 0.5) is 0 Å². The van der Waals surface area contributed by atoms with Crippen LogP contribution in [-0.4, -0.2) is 29.8 Å². The lowest BCUT2D eigenvalue weighted by Gasteiger charge is -2.14. The zero-order chi connectivity index (χ0) is 17.7. The summed E-state index contributed by atoms with van der Waals surface area (Å²) in [6, 6.07) is 7.40. The Hall–Kier alpha value is -2.24. The minimum absolute atomic E-state index is 0.0862. The fraction of sp³-hybridized carbons (Fsp3) is 0.368. The molecule has 128 valence electrons. The number of benzene rings is 1. The molecule has 0 fully saturated rings. The van der Waals surface area contributed by atoms with Crippen molar-refractivity contribution in [1.29, 1.82) is 0 Å². The van der Waals surface area contributed by atoms with Crippen LogP contribution in [0.1, 0.15) is 38.4 Å². The van der Waals surface area contributed by atoms with Crippen LogP contribution in [-0.2, 0) is 17.8 Å². The molecule has 0 atom stereocenters. The second kappa shape index (κ2) is 8.04. The molecule has 1 N–H and O–H groups in total. The fourth-order valence-corrected chi connectivity index (χ4v) is 2.80. The third-order valence-electron chi connectivity index (χ3n) is 3.74. The van der Waals surface area contributed by atoms with Gasteiger partial charge in [0.05, 0.1) is 18.7 Å². The molecule has 0 spiro atoms. The average Bonchev–Trinajstić information content (AvgIpc) is 2.53. The van der Waals surface area contributed by atoms with E-state index in [-0.39, 0.29) is 25.6 Å². The number of aliphatic hydroxyl groups excluding tert-OH is 1. The molecule has 24 heavy (non-hydrogen) atoms. The van der Waals surface area contributed by atoms with Gasteiger partial charge in [-0.2, -0.15) is 0 Å². The molecule has 0 aliphatic heterocycles. The Kier molecular flexibility index (Phi) is 6.06. The van der Waals surface area contributed by atoms with E-state index >= 15 is 0 Å². The van der Waals surface area contributed by atoms with Crippen LogP contribution < -0.4 is 4.74 Å². The van der Waals surface area contributed by atoms with Crippen molar-refractivity contribution < 1.29 is 19.4 Å². The summed E-state index contributed by atoms with van der Waals surface area (Å²) in [6.07, 6.45) is 0.109. The van der Waals surface area contributed by atoms with E-state index in [9.17, 15) is 9.90 Å². The van der Waals surface area contributed by atoms with Gasteiger partial charge in [0.1, 0.15) is 5.75 Å². The van der Waals surface area contributed by atoms with Gasteiger partial charge in [-0.3, -0.25) is 9.78 Å². The van der Waals surface area contributed by atoms with Gasteiger partial charge >= 0.3 is 0 Å². The van der Waals surface area contributed by atoms with Gasteiger partial charge in [0.2, 0.25) is 0 Å². The summed E-state index contributed by atoms with van der Waals surface area (Å²) in [7, 11) is 1.54. The molecule has 0 unspecified atom stereocenters. The first-order chi connectivity index (χ1) is 11.5. The minimum atomic E-state index is -0.169. The van der Waals surface area contributed by atoms with Gasteiger partial charge in [-0.15, -0.1) is 0 Å². The Morgan fingerprint density at radius 3 is 2.62 bits per heavy atom. The smallest absolute Gasteiger partial charge is 0.188 e. The van der Waals surface area contributed by atoms with Gasteiger partial charge in [-0.1, -0.05) is 17.7 Å². The molecule has 1 aromatic carbocycles. The monoisotopic (exact) mass is 329 g/mol. The standard InChI is InChI=1S/C19H23NO4/c1-12-7-13(2)19(15(8-12)10-21)17(22)9-16-18(24-11-23-4)6-5-14(3)20-16/h5-8,21H,9-11H2,1-4H3. The van der Waals surface area contributed by atoms with E-state index in [0.29, 0.717) is 22.6 Å². The number of aromatic nitrogens is 1.